The highest BCUT2D eigenvalue weighted by molar-refractivity contribution is 5.87. The number of carboxylic acid groups (broad SMARTS) is 1. The molecule has 1 aliphatic rings. The van der Waals surface area contributed by atoms with Crippen LogP contribution in [0.3, 0.4) is 0 Å². The van der Waals surface area contributed by atoms with Gasteiger partial charge in [0.15, 0.2) is 0 Å². The third kappa shape index (κ3) is 2.01. The minimum Gasteiger partial charge on any atom is -0.478 e. The number of hydrogen-bond acceptors (Lipinski definition) is 3. The number of aromatic nitrogens is 1. The maximum atomic E-state index is 10.6. The van der Waals surface area contributed by atoms with E-state index < -0.39 is 5.97 Å². The molecule has 86 valence electrons. The van der Waals surface area contributed by atoms with Gasteiger partial charge in [-0.1, -0.05) is 13.8 Å². The van der Waals surface area contributed by atoms with E-state index in [-0.39, 0.29) is 11.2 Å². The summed E-state index contributed by atoms with van der Waals surface area (Å²) in [6.45, 7) is 4.25. The van der Waals surface area contributed by atoms with Gasteiger partial charge < -0.3 is 9.84 Å². The number of rotatable bonds is 4. The van der Waals surface area contributed by atoms with E-state index in [2.05, 4.69) is 18.8 Å². The Morgan fingerprint density at radius 1 is 1.50 bits per heavy atom. The molecule has 0 aliphatic heterocycles. The molecule has 0 radical (unpaired) electrons. The number of carbonyl (C=O) groups is 1. The highest BCUT2D eigenvalue weighted by Crippen LogP contribution is 2.45. The molecule has 1 N–H and O–H groups in total. The first-order chi connectivity index (χ1) is 7.53. The minimum atomic E-state index is -0.968. The van der Waals surface area contributed by atoms with E-state index in [4.69, 9.17) is 9.84 Å². The monoisotopic (exact) mass is 221 g/mol. The van der Waals surface area contributed by atoms with Crippen molar-refractivity contribution >= 4 is 5.97 Å². The fraction of sp³-hybridized carbons (Fsp3) is 0.500. The van der Waals surface area contributed by atoms with Crippen LogP contribution in [0.4, 0.5) is 0 Å². The van der Waals surface area contributed by atoms with Gasteiger partial charge in [-0.3, -0.25) is 0 Å². The van der Waals surface area contributed by atoms with Crippen molar-refractivity contribution in [3.8, 4) is 5.88 Å². The van der Waals surface area contributed by atoms with Crippen LogP contribution in [0.15, 0.2) is 18.3 Å². The summed E-state index contributed by atoms with van der Waals surface area (Å²) in [5.41, 5.74) is 0.110. The molecule has 1 saturated carbocycles. The molecule has 1 aromatic rings. The summed E-state index contributed by atoms with van der Waals surface area (Å²) in [7, 11) is 0. The molecule has 0 amide bonds. The van der Waals surface area contributed by atoms with Crippen molar-refractivity contribution in [1.82, 2.24) is 4.98 Å². The molecule has 0 saturated heterocycles. The molecule has 4 nitrogen and oxygen atoms in total. The Bertz CT molecular complexity index is 393. The molecule has 0 aromatic carbocycles. The van der Waals surface area contributed by atoms with E-state index in [0.717, 1.165) is 12.8 Å². The molecular weight excluding hydrogens is 206 g/mol. The Hall–Kier alpha value is -1.58. The number of hydrogen-bond donors (Lipinski definition) is 1. The lowest BCUT2D eigenvalue weighted by atomic mass is 10.1. The van der Waals surface area contributed by atoms with Crippen LogP contribution in [0.2, 0.25) is 0 Å². The molecule has 1 aromatic heterocycles. The van der Waals surface area contributed by atoms with Gasteiger partial charge in [-0.25, -0.2) is 9.78 Å². The molecule has 0 unspecified atom stereocenters. The van der Waals surface area contributed by atoms with Crippen LogP contribution in [0.25, 0.3) is 0 Å². The van der Waals surface area contributed by atoms with Gasteiger partial charge in [0.1, 0.15) is 5.60 Å². The zero-order valence-electron chi connectivity index (χ0n) is 9.43. The van der Waals surface area contributed by atoms with E-state index in [1.807, 2.05) is 0 Å². The second kappa shape index (κ2) is 3.77. The zero-order valence-corrected chi connectivity index (χ0v) is 9.43. The van der Waals surface area contributed by atoms with Gasteiger partial charge in [0.2, 0.25) is 5.88 Å². The summed E-state index contributed by atoms with van der Waals surface area (Å²) in [6.07, 6.45) is 3.42. The van der Waals surface area contributed by atoms with E-state index in [9.17, 15) is 4.79 Å². The van der Waals surface area contributed by atoms with Crippen molar-refractivity contribution < 1.29 is 14.6 Å². The van der Waals surface area contributed by atoms with Gasteiger partial charge in [-0.05, 0) is 24.8 Å². The maximum absolute atomic E-state index is 10.6. The van der Waals surface area contributed by atoms with E-state index in [1.165, 1.54) is 12.3 Å². The zero-order chi connectivity index (χ0) is 11.8. The van der Waals surface area contributed by atoms with Crippen LogP contribution < -0.4 is 4.74 Å². The summed E-state index contributed by atoms with van der Waals surface area (Å²) < 4.78 is 5.81. The molecule has 2 rings (SSSR count). The quantitative estimate of drug-likeness (QED) is 0.847. The summed E-state index contributed by atoms with van der Waals surface area (Å²) in [5, 5.41) is 8.73. The van der Waals surface area contributed by atoms with Gasteiger partial charge in [0, 0.05) is 12.3 Å². The van der Waals surface area contributed by atoms with Gasteiger partial charge in [-0.2, -0.15) is 0 Å². The third-order valence-corrected chi connectivity index (χ3v) is 3.09. The number of ether oxygens (including phenoxy) is 1. The predicted molar refractivity (Wildman–Crippen MR) is 58.6 cm³/mol. The van der Waals surface area contributed by atoms with Crippen LogP contribution in [0, 0.1) is 5.92 Å². The molecule has 4 heteroatoms. The van der Waals surface area contributed by atoms with Crippen molar-refractivity contribution in [3.63, 3.8) is 0 Å². The SMILES string of the molecule is CC(C)C1(Oc2ccc(C(=O)O)cn2)CC1. The molecule has 1 heterocycles. The predicted octanol–water partition coefficient (Wildman–Crippen LogP) is 2.35. The fourth-order valence-corrected chi connectivity index (χ4v) is 1.70. The van der Waals surface area contributed by atoms with Crippen molar-refractivity contribution in [1.29, 1.82) is 0 Å². The Morgan fingerprint density at radius 2 is 2.19 bits per heavy atom. The first-order valence-electron chi connectivity index (χ1n) is 5.42. The Labute approximate surface area is 94.3 Å². The number of nitrogens with zero attached hydrogens (tertiary/aromatic N) is 1. The van der Waals surface area contributed by atoms with E-state index >= 15 is 0 Å². The number of pyridine rings is 1. The highest BCUT2D eigenvalue weighted by Gasteiger charge is 2.48. The summed E-state index contributed by atoms with van der Waals surface area (Å²) in [4.78, 5) is 14.6. The van der Waals surface area contributed by atoms with Crippen LogP contribution in [-0.4, -0.2) is 21.7 Å². The molecule has 0 spiro atoms. The molecule has 0 atom stereocenters. The molecule has 0 bridgehead atoms. The summed E-state index contributed by atoms with van der Waals surface area (Å²) >= 11 is 0. The Morgan fingerprint density at radius 3 is 2.56 bits per heavy atom. The van der Waals surface area contributed by atoms with Crippen LogP contribution in [0.1, 0.15) is 37.0 Å². The van der Waals surface area contributed by atoms with Crippen molar-refractivity contribution in [2.45, 2.75) is 32.3 Å². The first kappa shape index (κ1) is 10.9. The van der Waals surface area contributed by atoms with Gasteiger partial charge in [0.25, 0.3) is 0 Å². The fourth-order valence-electron chi connectivity index (χ4n) is 1.70. The Balaban J connectivity index is 2.09. The van der Waals surface area contributed by atoms with E-state index in [1.54, 1.807) is 6.07 Å². The van der Waals surface area contributed by atoms with Crippen LogP contribution in [0.5, 0.6) is 5.88 Å². The molecule has 1 aliphatic carbocycles. The van der Waals surface area contributed by atoms with Gasteiger partial charge >= 0.3 is 5.97 Å². The molecular formula is C12H15NO3. The normalized spacial score (nSPS) is 17.2. The standard InChI is InChI=1S/C12H15NO3/c1-8(2)12(5-6-12)16-10-4-3-9(7-13-10)11(14)15/h3-4,7-8H,5-6H2,1-2H3,(H,14,15). The smallest absolute Gasteiger partial charge is 0.337 e. The largest absolute Gasteiger partial charge is 0.478 e. The summed E-state index contributed by atoms with van der Waals surface area (Å²) in [5.74, 6) is -0.00584. The maximum Gasteiger partial charge on any atom is 0.337 e. The van der Waals surface area contributed by atoms with Crippen molar-refractivity contribution in [2.24, 2.45) is 5.92 Å². The first-order valence-corrected chi connectivity index (χ1v) is 5.42. The van der Waals surface area contributed by atoms with Crippen molar-refractivity contribution in [3.05, 3.63) is 23.9 Å². The second-order valence-corrected chi connectivity index (χ2v) is 4.51. The minimum absolute atomic E-state index is 0.0717. The number of carboxylic acids is 1. The van der Waals surface area contributed by atoms with Crippen LogP contribution in [-0.2, 0) is 0 Å². The summed E-state index contributed by atoms with van der Waals surface area (Å²) in [6, 6.07) is 3.13. The molecule has 16 heavy (non-hydrogen) atoms. The third-order valence-electron chi connectivity index (χ3n) is 3.09. The topological polar surface area (TPSA) is 59.4 Å². The van der Waals surface area contributed by atoms with E-state index in [0.29, 0.717) is 11.8 Å². The van der Waals surface area contributed by atoms with Gasteiger partial charge in [-0.15, -0.1) is 0 Å². The number of aromatic carboxylic acids is 1. The average Bonchev–Trinajstić information content (AvgIpc) is 3.00. The highest BCUT2D eigenvalue weighted by atomic mass is 16.5. The van der Waals surface area contributed by atoms with Crippen LogP contribution >= 0.6 is 0 Å². The van der Waals surface area contributed by atoms with Gasteiger partial charge in [0.05, 0.1) is 5.56 Å². The average molecular weight is 221 g/mol. The lowest BCUT2D eigenvalue weighted by molar-refractivity contribution is 0.0696. The lowest BCUT2D eigenvalue weighted by Gasteiger charge is -2.20. The second-order valence-electron chi connectivity index (χ2n) is 4.51. The lowest BCUT2D eigenvalue weighted by Crippen LogP contribution is -2.25. The Kier molecular flexibility index (Phi) is 2.58. The molecule has 1 fully saturated rings. The van der Waals surface area contributed by atoms with Crippen molar-refractivity contribution in [2.75, 3.05) is 0 Å².